The van der Waals surface area contributed by atoms with E-state index in [2.05, 4.69) is 33.0 Å². The minimum atomic E-state index is 0.532. The zero-order valence-corrected chi connectivity index (χ0v) is 11.4. The second kappa shape index (κ2) is 4.61. The molecule has 0 aliphatic heterocycles. The lowest BCUT2D eigenvalue weighted by Gasteiger charge is -2.11. The van der Waals surface area contributed by atoms with E-state index in [0.717, 1.165) is 16.6 Å². The normalized spacial score (nSPS) is 13.4. The second-order valence-corrected chi connectivity index (χ2v) is 5.28. The maximum atomic E-state index is 5.86. The van der Waals surface area contributed by atoms with E-state index in [4.69, 9.17) is 10.5 Å². The average molecular weight is 305 g/mol. The SMILES string of the molecule is Nc1cncc(Br)c1Oc1ccc2c(c1)CCC2. The molecule has 2 N–H and O–H groups in total. The number of ether oxygens (including phenoxy) is 1. The van der Waals surface area contributed by atoms with E-state index in [1.807, 2.05) is 6.07 Å². The fourth-order valence-electron chi connectivity index (χ4n) is 2.28. The van der Waals surface area contributed by atoms with E-state index in [0.29, 0.717) is 11.4 Å². The van der Waals surface area contributed by atoms with Crippen LogP contribution < -0.4 is 10.5 Å². The van der Waals surface area contributed by atoms with Gasteiger partial charge in [0.1, 0.15) is 5.75 Å². The largest absolute Gasteiger partial charge is 0.454 e. The summed E-state index contributed by atoms with van der Waals surface area (Å²) in [6.45, 7) is 0. The highest BCUT2D eigenvalue weighted by Crippen LogP contribution is 2.35. The summed E-state index contributed by atoms with van der Waals surface area (Å²) in [6, 6.07) is 6.24. The Morgan fingerprint density at radius 2 is 2.00 bits per heavy atom. The van der Waals surface area contributed by atoms with Gasteiger partial charge in [0.15, 0.2) is 5.75 Å². The van der Waals surface area contributed by atoms with Gasteiger partial charge in [-0.2, -0.15) is 0 Å². The van der Waals surface area contributed by atoms with Crippen LogP contribution in [0.3, 0.4) is 0 Å². The van der Waals surface area contributed by atoms with Gasteiger partial charge in [-0.15, -0.1) is 0 Å². The van der Waals surface area contributed by atoms with Crippen LogP contribution in [0.15, 0.2) is 35.1 Å². The smallest absolute Gasteiger partial charge is 0.167 e. The molecule has 3 rings (SSSR count). The minimum Gasteiger partial charge on any atom is -0.454 e. The molecular formula is C14H13BrN2O. The Kier molecular flexibility index (Phi) is 2.96. The number of fused-ring (bicyclic) bond motifs is 1. The summed E-state index contributed by atoms with van der Waals surface area (Å²) in [7, 11) is 0. The number of aromatic nitrogens is 1. The summed E-state index contributed by atoms with van der Waals surface area (Å²) in [6.07, 6.45) is 6.82. The lowest BCUT2D eigenvalue weighted by Crippen LogP contribution is -1.95. The molecule has 2 aromatic rings. The van der Waals surface area contributed by atoms with Crippen molar-refractivity contribution in [3.05, 3.63) is 46.2 Å². The van der Waals surface area contributed by atoms with Crippen LogP contribution >= 0.6 is 15.9 Å². The molecule has 0 spiro atoms. The van der Waals surface area contributed by atoms with Gasteiger partial charge in [-0.25, -0.2) is 0 Å². The number of hydrogen-bond acceptors (Lipinski definition) is 3. The van der Waals surface area contributed by atoms with E-state index < -0.39 is 0 Å². The lowest BCUT2D eigenvalue weighted by atomic mass is 10.1. The van der Waals surface area contributed by atoms with Gasteiger partial charge in [-0.05, 0) is 58.5 Å². The van der Waals surface area contributed by atoms with Crippen molar-refractivity contribution in [1.29, 1.82) is 0 Å². The van der Waals surface area contributed by atoms with Crippen molar-refractivity contribution < 1.29 is 4.74 Å². The van der Waals surface area contributed by atoms with Crippen molar-refractivity contribution >= 4 is 21.6 Å². The molecule has 0 atom stereocenters. The number of rotatable bonds is 2. The van der Waals surface area contributed by atoms with Crippen molar-refractivity contribution in [2.75, 3.05) is 5.73 Å². The number of pyridine rings is 1. The number of hydrogen-bond donors (Lipinski definition) is 1. The van der Waals surface area contributed by atoms with Gasteiger partial charge in [0.25, 0.3) is 0 Å². The number of aryl methyl sites for hydroxylation is 2. The monoisotopic (exact) mass is 304 g/mol. The van der Waals surface area contributed by atoms with E-state index in [1.54, 1.807) is 12.4 Å². The zero-order valence-electron chi connectivity index (χ0n) is 9.82. The molecule has 1 heterocycles. The first kappa shape index (κ1) is 11.5. The molecule has 1 aliphatic carbocycles. The second-order valence-electron chi connectivity index (χ2n) is 4.43. The van der Waals surface area contributed by atoms with Crippen molar-refractivity contribution in [2.24, 2.45) is 0 Å². The molecule has 4 heteroatoms. The molecule has 0 radical (unpaired) electrons. The third-order valence-electron chi connectivity index (χ3n) is 3.17. The summed E-state index contributed by atoms with van der Waals surface area (Å²) in [5.41, 5.74) is 9.22. The van der Waals surface area contributed by atoms with Crippen molar-refractivity contribution in [1.82, 2.24) is 4.98 Å². The molecule has 0 bridgehead atoms. The van der Waals surface area contributed by atoms with Gasteiger partial charge >= 0.3 is 0 Å². The predicted molar refractivity (Wildman–Crippen MR) is 74.9 cm³/mol. The van der Waals surface area contributed by atoms with Gasteiger partial charge < -0.3 is 10.5 Å². The number of nitrogens with two attached hydrogens (primary N) is 1. The van der Waals surface area contributed by atoms with Crippen molar-refractivity contribution in [3.8, 4) is 11.5 Å². The van der Waals surface area contributed by atoms with E-state index in [9.17, 15) is 0 Å². The third-order valence-corrected chi connectivity index (χ3v) is 3.74. The first-order chi connectivity index (χ1) is 8.74. The minimum absolute atomic E-state index is 0.532. The van der Waals surface area contributed by atoms with Crippen LogP contribution in [0.2, 0.25) is 0 Å². The average Bonchev–Trinajstić information content (AvgIpc) is 2.81. The predicted octanol–water partition coefficient (Wildman–Crippen LogP) is 3.71. The Labute approximate surface area is 114 Å². The van der Waals surface area contributed by atoms with Crippen LogP contribution in [0.4, 0.5) is 5.69 Å². The summed E-state index contributed by atoms with van der Waals surface area (Å²) >= 11 is 3.40. The molecule has 1 aromatic heterocycles. The Hall–Kier alpha value is -1.55. The molecule has 18 heavy (non-hydrogen) atoms. The molecule has 1 aliphatic rings. The maximum Gasteiger partial charge on any atom is 0.167 e. The van der Waals surface area contributed by atoms with Crippen LogP contribution in [0.5, 0.6) is 11.5 Å². The lowest BCUT2D eigenvalue weighted by molar-refractivity contribution is 0.480. The Bertz CT molecular complexity index is 578. The molecule has 0 saturated carbocycles. The van der Waals surface area contributed by atoms with Gasteiger partial charge in [-0.3, -0.25) is 4.98 Å². The summed E-state index contributed by atoms with van der Waals surface area (Å²) < 4.78 is 6.62. The van der Waals surface area contributed by atoms with Gasteiger partial charge in [-0.1, -0.05) is 6.07 Å². The molecule has 92 valence electrons. The number of benzene rings is 1. The molecule has 3 nitrogen and oxygen atoms in total. The fraction of sp³-hybridized carbons (Fsp3) is 0.214. The maximum absolute atomic E-state index is 5.86. The number of anilines is 1. The van der Waals surface area contributed by atoms with Gasteiger partial charge in [0.05, 0.1) is 16.4 Å². The molecule has 0 saturated heterocycles. The highest BCUT2D eigenvalue weighted by molar-refractivity contribution is 9.10. The first-order valence-electron chi connectivity index (χ1n) is 5.92. The molecular weight excluding hydrogens is 292 g/mol. The highest BCUT2D eigenvalue weighted by Gasteiger charge is 2.13. The first-order valence-corrected chi connectivity index (χ1v) is 6.72. The number of halogens is 1. The van der Waals surface area contributed by atoms with E-state index in [1.165, 1.54) is 24.0 Å². The van der Waals surface area contributed by atoms with Gasteiger partial charge in [0, 0.05) is 6.20 Å². The fourth-order valence-corrected chi connectivity index (χ4v) is 2.70. The van der Waals surface area contributed by atoms with Crippen molar-refractivity contribution in [3.63, 3.8) is 0 Å². The quantitative estimate of drug-likeness (QED) is 0.920. The van der Waals surface area contributed by atoms with Crippen LogP contribution in [0.1, 0.15) is 17.5 Å². The molecule has 0 fully saturated rings. The topological polar surface area (TPSA) is 48.1 Å². The number of nitrogens with zero attached hydrogens (tertiary/aromatic N) is 1. The molecule has 0 amide bonds. The Morgan fingerprint density at radius 3 is 2.83 bits per heavy atom. The third kappa shape index (κ3) is 2.08. The van der Waals surface area contributed by atoms with E-state index in [-0.39, 0.29) is 0 Å². The summed E-state index contributed by atoms with van der Waals surface area (Å²) in [5, 5.41) is 0. The van der Waals surface area contributed by atoms with Crippen LogP contribution in [0.25, 0.3) is 0 Å². The van der Waals surface area contributed by atoms with E-state index >= 15 is 0 Å². The Balaban J connectivity index is 1.93. The standard InChI is InChI=1S/C14H13BrN2O/c15-12-7-17-8-13(16)14(12)18-11-5-4-9-2-1-3-10(9)6-11/h4-8H,1-3,16H2. The molecule has 1 aromatic carbocycles. The van der Waals surface area contributed by atoms with Crippen molar-refractivity contribution in [2.45, 2.75) is 19.3 Å². The van der Waals surface area contributed by atoms with Crippen LogP contribution in [-0.4, -0.2) is 4.98 Å². The summed E-state index contributed by atoms with van der Waals surface area (Å²) in [5.74, 6) is 1.46. The Morgan fingerprint density at radius 1 is 1.17 bits per heavy atom. The molecule has 0 unspecified atom stereocenters. The van der Waals surface area contributed by atoms with Gasteiger partial charge in [0.2, 0.25) is 0 Å². The number of nitrogen functional groups attached to an aromatic ring is 1. The van der Waals surface area contributed by atoms with Crippen LogP contribution in [0, 0.1) is 0 Å². The zero-order chi connectivity index (χ0) is 12.5. The van der Waals surface area contributed by atoms with Crippen LogP contribution in [-0.2, 0) is 12.8 Å². The summed E-state index contributed by atoms with van der Waals surface area (Å²) in [4.78, 5) is 3.99. The highest BCUT2D eigenvalue weighted by atomic mass is 79.9.